The third-order valence-electron chi connectivity index (χ3n) is 3.49. The predicted molar refractivity (Wildman–Crippen MR) is 77.9 cm³/mol. The SMILES string of the molecule is CCCCCCCCCCCCCCCC(=O)O.[Mn]. The molecule has 0 aromatic heterocycles. The fourth-order valence-corrected chi connectivity index (χ4v) is 2.29. The molecule has 0 heterocycles. The molecule has 0 unspecified atom stereocenters. The second-order valence-corrected chi connectivity index (χ2v) is 5.39. The van der Waals surface area contributed by atoms with Gasteiger partial charge in [0.15, 0.2) is 0 Å². The number of hydrogen-bond acceptors (Lipinski definition) is 1. The molecular weight excluding hydrogens is 279 g/mol. The van der Waals surface area contributed by atoms with Gasteiger partial charge in [0.25, 0.3) is 0 Å². The molecule has 0 amide bonds. The molecule has 0 aliphatic carbocycles. The first-order chi connectivity index (χ1) is 8.77. The summed E-state index contributed by atoms with van der Waals surface area (Å²) in [5, 5.41) is 8.49. The molecule has 0 saturated heterocycles. The van der Waals surface area contributed by atoms with E-state index < -0.39 is 5.97 Å². The van der Waals surface area contributed by atoms with Crippen molar-refractivity contribution in [3.05, 3.63) is 0 Å². The quantitative estimate of drug-likeness (QED) is 0.337. The number of unbranched alkanes of at least 4 members (excludes halogenated alkanes) is 12. The van der Waals surface area contributed by atoms with Crippen LogP contribution in [0.15, 0.2) is 0 Å². The van der Waals surface area contributed by atoms with Gasteiger partial charge < -0.3 is 5.11 Å². The van der Waals surface area contributed by atoms with E-state index in [0.29, 0.717) is 6.42 Å². The zero-order chi connectivity index (χ0) is 13.5. The molecule has 0 fully saturated rings. The van der Waals surface area contributed by atoms with E-state index in [-0.39, 0.29) is 17.1 Å². The van der Waals surface area contributed by atoms with E-state index in [4.69, 9.17) is 5.11 Å². The summed E-state index contributed by atoms with van der Waals surface area (Å²) in [6.45, 7) is 2.26. The van der Waals surface area contributed by atoms with Crippen LogP contribution in [0.4, 0.5) is 0 Å². The Morgan fingerprint density at radius 3 is 1.32 bits per heavy atom. The maximum absolute atomic E-state index is 10.3. The van der Waals surface area contributed by atoms with Gasteiger partial charge in [0.2, 0.25) is 0 Å². The van der Waals surface area contributed by atoms with Gasteiger partial charge in [-0.05, 0) is 6.42 Å². The summed E-state index contributed by atoms with van der Waals surface area (Å²) < 4.78 is 0. The van der Waals surface area contributed by atoms with Crippen LogP contribution in [-0.2, 0) is 21.9 Å². The largest absolute Gasteiger partial charge is 0.481 e. The molecule has 3 heteroatoms. The first kappa shape index (κ1) is 21.3. The molecule has 0 aromatic carbocycles. The average molecular weight is 311 g/mol. The van der Waals surface area contributed by atoms with Crippen LogP contribution >= 0.6 is 0 Å². The molecule has 0 aromatic rings. The van der Waals surface area contributed by atoms with Gasteiger partial charge in [-0.1, -0.05) is 84.0 Å². The van der Waals surface area contributed by atoms with E-state index >= 15 is 0 Å². The summed E-state index contributed by atoms with van der Waals surface area (Å²) in [7, 11) is 0. The van der Waals surface area contributed by atoms with Crippen molar-refractivity contribution in [2.45, 2.75) is 96.8 Å². The van der Waals surface area contributed by atoms with Gasteiger partial charge in [-0.25, -0.2) is 0 Å². The summed E-state index contributed by atoms with van der Waals surface area (Å²) in [5.74, 6) is -0.655. The summed E-state index contributed by atoms with van der Waals surface area (Å²) in [4.78, 5) is 10.3. The Bertz CT molecular complexity index is 184. The van der Waals surface area contributed by atoms with Crippen molar-refractivity contribution in [1.29, 1.82) is 0 Å². The first-order valence-corrected chi connectivity index (χ1v) is 7.99. The van der Waals surface area contributed by atoms with E-state index in [1.54, 1.807) is 0 Å². The van der Waals surface area contributed by atoms with E-state index in [1.807, 2.05) is 0 Å². The van der Waals surface area contributed by atoms with Crippen molar-refractivity contribution in [3.63, 3.8) is 0 Å². The van der Waals surface area contributed by atoms with Crippen LogP contribution < -0.4 is 0 Å². The minimum Gasteiger partial charge on any atom is -0.481 e. The zero-order valence-corrected chi connectivity index (χ0v) is 13.8. The maximum atomic E-state index is 10.3. The Balaban J connectivity index is 0. The van der Waals surface area contributed by atoms with E-state index in [1.165, 1.54) is 70.6 Å². The second kappa shape index (κ2) is 18.0. The molecule has 0 saturated carbocycles. The van der Waals surface area contributed by atoms with Crippen molar-refractivity contribution < 1.29 is 27.0 Å². The zero-order valence-electron chi connectivity index (χ0n) is 12.6. The van der Waals surface area contributed by atoms with E-state index in [9.17, 15) is 4.79 Å². The molecule has 0 bridgehead atoms. The topological polar surface area (TPSA) is 37.3 Å². The van der Waals surface area contributed by atoms with Crippen LogP contribution in [-0.4, -0.2) is 11.1 Å². The Labute approximate surface area is 130 Å². The molecule has 0 aliphatic heterocycles. The van der Waals surface area contributed by atoms with Crippen LogP contribution in [0.2, 0.25) is 0 Å². The van der Waals surface area contributed by atoms with Gasteiger partial charge in [0.1, 0.15) is 0 Å². The summed E-state index contributed by atoms with van der Waals surface area (Å²) in [5.41, 5.74) is 0. The third kappa shape index (κ3) is 20.5. The predicted octanol–water partition coefficient (Wildman–Crippen LogP) is 5.55. The van der Waals surface area contributed by atoms with Gasteiger partial charge in [-0.2, -0.15) is 0 Å². The molecule has 0 rings (SSSR count). The number of carboxylic acids is 1. The number of carboxylic acid groups (broad SMARTS) is 1. The third-order valence-corrected chi connectivity index (χ3v) is 3.49. The molecule has 1 radical (unpaired) electrons. The molecule has 0 aliphatic rings. The van der Waals surface area contributed by atoms with Crippen molar-refractivity contribution >= 4 is 5.97 Å². The van der Waals surface area contributed by atoms with Gasteiger partial charge in [-0.3, -0.25) is 4.79 Å². The Morgan fingerprint density at radius 1 is 0.684 bits per heavy atom. The van der Waals surface area contributed by atoms with Crippen molar-refractivity contribution in [3.8, 4) is 0 Å². The Hall–Kier alpha value is -0.0105. The molecule has 0 atom stereocenters. The Morgan fingerprint density at radius 2 is 1.00 bits per heavy atom. The van der Waals surface area contributed by atoms with Gasteiger partial charge in [-0.15, -0.1) is 0 Å². The molecule has 1 N–H and O–H groups in total. The van der Waals surface area contributed by atoms with Crippen LogP contribution in [0.3, 0.4) is 0 Å². The van der Waals surface area contributed by atoms with Gasteiger partial charge in [0, 0.05) is 23.5 Å². The molecule has 2 nitrogen and oxygen atoms in total. The van der Waals surface area contributed by atoms with Gasteiger partial charge in [0.05, 0.1) is 0 Å². The monoisotopic (exact) mass is 311 g/mol. The van der Waals surface area contributed by atoms with E-state index in [0.717, 1.165) is 12.8 Å². The number of hydrogen-bond donors (Lipinski definition) is 1. The smallest absolute Gasteiger partial charge is 0.303 e. The van der Waals surface area contributed by atoms with Crippen LogP contribution in [0.1, 0.15) is 96.8 Å². The Kier molecular flexibility index (Phi) is 20.2. The van der Waals surface area contributed by atoms with Crippen molar-refractivity contribution in [1.82, 2.24) is 0 Å². The van der Waals surface area contributed by atoms with E-state index in [2.05, 4.69) is 6.92 Å². The minimum absolute atomic E-state index is 0. The summed E-state index contributed by atoms with van der Waals surface area (Å²) in [6.07, 6.45) is 17.3. The summed E-state index contributed by atoms with van der Waals surface area (Å²) in [6, 6.07) is 0. The number of aliphatic carboxylic acids is 1. The van der Waals surface area contributed by atoms with Gasteiger partial charge >= 0.3 is 5.97 Å². The van der Waals surface area contributed by atoms with Crippen LogP contribution in [0.5, 0.6) is 0 Å². The average Bonchev–Trinajstić information content (AvgIpc) is 2.34. The van der Waals surface area contributed by atoms with Crippen LogP contribution in [0, 0.1) is 0 Å². The molecular formula is C16H32MnO2. The normalized spacial score (nSPS) is 10.2. The second-order valence-electron chi connectivity index (χ2n) is 5.39. The molecule has 19 heavy (non-hydrogen) atoms. The molecule has 0 spiro atoms. The standard InChI is InChI=1S/C16H32O2.Mn/c1-2-3-4-5-6-7-8-9-10-11-12-13-14-15-16(17)18;/h2-15H2,1H3,(H,17,18);. The van der Waals surface area contributed by atoms with Crippen molar-refractivity contribution in [2.75, 3.05) is 0 Å². The minimum atomic E-state index is -0.655. The maximum Gasteiger partial charge on any atom is 0.303 e. The molecule has 115 valence electrons. The van der Waals surface area contributed by atoms with Crippen LogP contribution in [0.25, 0.3) is 0 Å². The number of rotatable bonds is 14. The number of carbonyl (C=O) groups is 1. The fourth-order valence-electron chi connectivity index (χ4n) is 2.29. The van der Waals surface area contributed by atoms with Crippen molar-refractivity contribution in [2.24, 2.45) is 0 Å². The summed E-state index contributed by atoms with van der Waals surface area (Å²) >= 11 is 0. The first-order valence-electron chi connectivity index (χ1n) is 7.99. The fraction of sp³-hybridized carbons (Fsp3) is 0.938.